The number of para-hydroxylation sites is 1. The minimum Gasteiger partial charge on any atom is -0.493 e. The van der Waals surface area contributed by atoms with Crippen LogP contribution < -0.4 is 14.8 Å². The number of nitrogens with one attached hydrogen (secondary N) is 2. The highest BCUT2D eigenvalue weighted by Gasteiger charge is 2.34. The number of fused-ring (bicyclic) bond motifs is 1. The first kappa shape index (κ1) is 17.1. The molecular formula is C16H16F3N3O3. The zero-order valence-electron chi connectivity index (χ0n) is 13.3. The molecule has 0 bridgehead atoms. The lowest BCUT2D eigenvalue weighted by Crippen LogP contribution is -2.35. The van der Waals surface area contributed by atoms with Crippen LogP contribution in [-0.4, -0.2) is 36.4 Å². The number of benzene rings is 1. The minimum absolute atomic E-state index is 0.00424. The fourth-order valence-corrected chi connectivity index (χ4v) is 2.66. The van der Waals surface area contributed by atoms with Crippen LogP contribution in [0.2, 0.25) is 0 Å². The number of nitrogens with zero attached hydrogens (tertiary/aromatic N) is 1. The van der Waals surface area contributed by atoms with Crippen LogP contribution in [0.4, 0.5) is 13.2 Å². The van der Waals surface area contributed by atoms with Gasteiger partial charge in [-0.15, -0.1) is 0 Å². The molecule has 0 saturated heterocycles. The van der Waals surface area contributed by atoms with Gasteiger partial charge in [-0.3, -0.25) is 9.89 Å². The second-order valence-corrected chi connectivity index (χ2v) is 5.70. The second kappa shape index (κ2) is 6.66. The number of carbonyl (C=O) groups is 1. The Morgan fingerprint density at radius 2 is 2.28 bits per heavy atom. The van der Waals surface area contributed by atoms with E-state index in [1.807, 2.05) is 17.2 Å². The van der Waals surface area contributed by atoms with Gasteiger partial charge in [-0.1, -0.05) is 12.1 Å². The quantitative estimate of drug-likeness (QED) is 0.883. The monoisotopic (exact) mass is 355 g/mol. The van der Waals surface area contributed by atoms with Crippen LogP contribution in [0.3, 0.4) is 0 Å². The number of hydrogen-bond donors (Lipinski definition) is 2. The van der Waals surface area contributed by atoms with Gasteiger partial charge in [0.2, 0.25) is 0 Å². The van der Waals surface area contributed by atoms with Crippen LogP contribution in [0.5, 0.6) is 11.5 Å². The molecule has 2 aromatic rings. The Morgan fingerprint density at radius 3 is 2.96 bits per heavy atom. The Hall–Kier alpha value is -2.71. The number of halogens is 3. The first-order valence-corrected chi connectivity index (χ1v) is 7.58. The van der Waals surface area contributed by atoms with Crippen molar-refractivity contribution in [1.82, 2.24) is 15.5 Å². The highest BCUT2D eigenvalue weighted by atomic mass is 19.4. The van der Waals surface area contributed by atoms with Crippen LogP contribution >= 0.6 is 0 Å². The first-order chi connectivity index (χ1) is 11.9. The third kappa shape index (κ3) is 3.70. The van der Waals surface area contributed by atoms with E-state index in [1.54, 1.807) is 13.2 Å². The van der Waals surface area contributed by atoms with Crippen molar-refractivity contribution < 1.29 is 27.4 Å². The average Bonchev–Trinajstić information content (AvgIpc) is 3.09. The fraction of sp³-hybridized carbons (Fsp3) is 0.375. The van der Waals surface area contributed by atoms with E-state index in [1.165, 1.54) is 0 Å². The maximum absolute atomic E-state index is 12.5. The maximum Gasteiger partial charge on any atom is 0.432 e. The summed E-state index contributed by atoms with van der Waals surface area (Å²) in [6.45, 7) is 0.645. The third-order valence-electron chi connectivity index (χ3n) is 3.92. The minimum atomic E-state index is -4.56. The molecule has 0 saturated carbocycles. The number of rotatable bonds is 4. The smallest absolute Gasteiger partial charge is 0.432 e. The molecule has 1 amide bonds. The summed E-state index contributed by atoms with van der Waals surface area (Å²) in [6, 6.07) is 6.25. The average molecular weight is 355 g/mol. The molecule has 3 rings (SSSR count). The molecule has 9 heteroatoms. The summed E-state index contributed by atoms with van der Waals surface area (Å²) >= 11 is 0. The van der Waals surface area contributed by atoms with Crippen molar-refractivity contribution in [2.45, 2.75) is 12.6 Å². The summed E-state index contributed by atoms with van der Waals surface area (Å²) in [6.07, 6.45) is -3.90. The molecule has 25 heavy (non-hydrogen) atoms. The molecule has 1 aromatic heterocycles. The molecule has 1 aliphatic heterocycles. The summed E-state index contributed by atoms with van der Waals surface area (Å²) in [5.41, 5.74) is -0.394. The van der Waals surface area contributed by atoms with Crippen molar-refractivity contribution in [2.75, 3.05) is 20.3 Å². The van der Waals surface area contributed by atoms with E-state index in [-0.39, 0.29) is 18.2 Å². The Balaban J connectivity index is 1.59. The predicted molar refractivity (Wildman–Crippen MR) is 81.6 cm³/mol. The highest BCUT2D eigenvalue weighted by Crippen LogP contribution is 2.35. The van der Waals surface area contributed by atoms with Crippen molar-refractivity contribution in [3.8, 4) is 11.5 Å². The number of ether oxygens (including phenoxy) is 2. The number of methoxy groups -OCH3 is 1. The normalized spacial score (nSPS) is 16.7. The molecule has 0 aliphatic carbocycles. The fourth-order valence-electron chi connectivity index (χ4n) is 2.66. The Kier molecular flexibility index (Phi) is 4.56. The van der Waals surface area contributed by atoms with Gasteiger partial charge in [-0.05, 0) is 18.1 Å². The zero-order valence-corrected chi connectivity index (χ0v) is 13.3. The number of amides is 1. The molecule has 2 N–H and O–H groups in total. The molecule has 0 fully saturated rings. The number of alkyl halides is 3. The molecule has 0 unspecified atom stereocenters. The summed E-state index contributed by atoms with van der Waals surface area (Å²) in [5.74, 6) is 0.679. The summed E-state index contributed by atoms with van der Waals surface area (Å²) in [5, 5.41) is 7.81. The van der Waals surface area contributed by atoms with Crippen molar-refractivity contribution in [3.63, 3.8) is 0 Å². The van der Waals surface area contributed by atoms with Crippen molar-refractivity contribution >= 4 is 5.91 Å². The SMILES string of the molecule is COc1cccc2c1OC[C@H](CNC(=O)c1cc(C(F)(F)F)[nH]n1)C2. The molecule has 1 atom stereocenters. The second-order valence-electron chi connectivity index (χ2n) is 5.70. The van der Waals surface area contributed by atoms with Crippen molar-refractivity contribution in [3.05, 3.63) is 41.2 Å². The first-order valence-electron chi connectivity index (χ1n) is 7.58. The molecule has 6 nitrogen and oxygen atoms in total. The molecule has 134 valence electrons. The zero-order chi connectivity index (χ0) is 18.0. The van der Waals surface area contributed by atoms with E-state index >= 15 is 0 Å². The van der Waals surface area contributed by atoms with Gasteiger partial charge in [0.15, 0.2) is 17.2 Å². The van der Waals surface area contributed by atoms with Gasteiger partial charge in [-0.25, -0.2) is 0 Å². The molecular weight excluding hydrogens is 339 g/mol. The number of aromatic nitrogens is 2. The summed E-state index contributed by atoms with van der Waals surface area (Å²) in [7, 11) is 1.56. The Labute approximate surface area is 141 Å². The number of H-pyrrole nitrogens is 1. The van der Waals surface area contributed by atoms with E-state index in [4.69, 9.17) is 9.47 Å². The van der Waals surface area contributed by atoms with E-state index in [0.29, 0.717) is 30.6 Å². The summed E-state index contributed by atoms with van der Waals surface area (Å²) < 4.78 is 48.5. The standard InChI is InChI=1S/C16H16F3N3O3/c1-24-12-4-2-3-10-5-9(8-25-14(10)12)7-20-15(23)11-6-13(22-21-11)16(17,18)19/h2-4,6,9H,5,7-8H2,1H3,(H,20,23)(H,21,22)/t9-/m0/s1. The van der Waals surface area contributed by atoms with Gasteiger partial charge < -0.3 is 14.8 Å². The van der Waals surface area contributed by atoms with Crippen LogP contribution in [0.25, 0.3) is 0 Å². The van der Waals surface area contributed by atoms with Gasteiger partial charge >= 0.3 is 6.18 Å². The van der Waals surface area contributed by atoms with Crippen molar-refractivity contribution in [1.29, 1.82) is 0 Å². The van der Waals surface area contributed by atoms with Crippen LogP contribution in [0.15, 0.2) is 24.3 Å². The molecule has 0 radical (unpaired) electrons. The summed E-state index contributed by atoms with van der Waals surface area (Å²) in [4.78, 5) is 12.0. The van der Waals surface area contributed by atoms with Gasteiger partial charge in [0.05, 0.1) is 13.7 Å². The lowest BCUT2D eigenvalue weighted by atomic mass is 9.96. The van der Waals surface area contributed by atoms with Gasteiger partial charge in [0.1, 0.15) is 5.69 Å². The lowest BCUT2D eigenvalue weighted by molar-refractivity contribution is -0.141. The van der Waals surface area contributed by atoms with Crippen molar-refractivity contribution in [2.24, 2.45) is 5.92 Å². The lowest BCUT2D eigenvalue weighted by Gasteiger charge is -2.26. The largest absolute Gasteiger partial charge is 0.493 e. The number of aromatic amines is 1. The highest BCUT2D eigenvalue weighted by molar-refractivity contribution is 5.92. The third-order valence-corrected chi connectivity index (χ3v) is 3.92. The van der Waals surface area contributed by atoms with Gasteiger partial charge in [0, 0.05) is 18.5 Å². The Bertz CT molecular complexity index is 773. The molecule has 2 heterocycles. The molecule has 1 aliphatic rings. The van der Waals surface area contributed by atoms with E-state index in [0.717, 1.165) is 5.56 Å². The number of carbonyl (C=O) groups excluding carboxylic acids is 1. The molecule has 1 aromatic carbocycles. The van der Waals surface area contributed by atoms with Crippen LogP contribution in [0.1, 0.15) is 21.7 Å². The van der Waals surface area contributed by atoms with E-state index in [9.17, 15) is 18.0 Å². The predicted octanol–water partition coefficient (Wildman–Crippen LogP) is 2.42. The van der Waals surface area contributed by atoms with Crippen LogP contribution in [0, 0.1) is 5.92 Å². The Morgan fingerprint density at radius 1 is 1.48 bits per heavy atom. The maximum atomic E-state index is 12.5. The van der Waals surface area contributed by atoms with E-state index in [2.05, 4.69) is 10.4 Å². The number of hydrogen-bond acceptors (Lipinski definition) is 4. The van der Waals surface area contributed by atoms with Crippen LogP contribution in [-0.2, 0) is 12.6 Å². The van der Waals surface area contributed by atoms with Gasteiger partial charge in [0.25, 0.3) is 5.91 Å². The van der Waals surface area contributed by atoms with Gasteiger partial charge in [-0.2, -0.15) is 18.3 Å². The topological polar surface area (TPSA) is 76.2 Å². The molecule has 0 spiro atoms. The van der Waals surface area contributed by atoms with E-state index < -0.39 is 17.8 Å².